The third kappa shape index (κ3) is 2.01. The lowest BCUT2D eigenvalue weighted by Gasteiger charge is -2.12. The molecule has 21 heavy (non-hydrogen) atoms. The molecule has 4 rings (SSSR count). The molecule has 0 aromatic heterocycles. The molecule has 0 radical (unpaired) electrons. The number of benzene rings is 1. The molecule has 0 heterocycles. The van der Waals surface area contributed by atoms with E-state index in [0.29, 0.717) is 22.4 Å². The molecule has 3 fully saturated rings. The van der Waals surface area contributed by atoms with Gasteiger partial charge >= 0.3 is 0 Å². The summed E-state index contributed by atoms with van der Waals surface area (Å²) in [4.78, 5) is 0.300. The maximum Gasteiger partial charge on any atom is 0.240 e. The molecule has 3 N–H and O–H groups in total. The SMILES string of the molecule is CCc1ccc(S(=O)(=O)NC2C3C4CCC(C4)C23)cc1N. The van der Waals surface area contributed by atoms with Crippen molar-refractivity contribution in [3.05, 3.63) is 23.8 Å². The molecule has 4 nitrogen and oxygen atoms in total. The van der Waals surface area contributed by atoms with Crippen LogP contribution >= 0.6 is 0 Å². The lowest BCUT2D eigenvalue weighted by atomic mass is 10.0. The summed E-state index contributed by atoms with van der Waals surface area (Å²) in [6.45, 7) is 2.01. The maximum absolute atomic E-state index is 12.5. The predicted molar refractivity (Wildman–Crippen MR) is 82.2 cm³/mol. The van der Waals surface area contributed by atoms with Gasteiger partial charge in [-0.25, -0.2) is 13.1 Å². The number of rotatable bonds is 4. The summed E-state index contributed by atoms with van der Waals surface area (Å²) >= 11 is 0. The van der Waals surface area contributed by atoms with Crippen LogP contribution in [0.4, 0.5) is 5.69 Å². The largest absolute Gasteiger partial charge is 0.398 e. The van der Waals surface area contributed by atoms with Gasteiger partial charge in [0.1, 0.15) is 0 Å². The van der Waals surface area contributed by atoms with Crippen LogP contribution in [0.25, 0.3) is 0 Å². The van der Waals surface area contributed by atoms with Crippen molar-refractivity contribution >= 4 is 15.7 Å². The van der Waals surface area contributed by atoms with E-state index < -0.39 is 10.0 Å². The van der Waals surface area contributed by atoms with Crippen LogP contribution in [0.5, 0.6) is 0 Å². The summed E-state index contributed by atoms with van der Waals surface area (Å²) in [6.07, 6.45) is 4.73. The molecule has 0 amide bonds. The number of hydrogen-bond donors (Lipinski definition) is 2. The third-order valence-corrected chi connectivity index (χ3v) is 7.29. The number of nitrogens with one attached hydrogen (secondary N) is 1. The first-order valence-corrected chi connectivity index (χ1v) is 9.40. The van der Waals surface area contributed by atoms with Crippen LogP contribution in [0, 0.1) is 23.7 Å². The average molecular weight is 306 g/mol. The molecule has 2 bridgehead atoms. The van der Waals surface area contributed by atoms with Crippen LogP contribution in [0.15, 0.2) is 23.1 Å². The zero-order valence-electron chi connectivity index (χ0n) is 12.2. The van der Waals surface area contributed by atoms with Gasteiger partial charge in [-0.2, -0.15) is 0 Å². The highest BCUT2D eigenvalue weighted by molar-refractivity contribution is 7.89. The lowest BCUT2D eigenvalue weighted by Crippen LogP contribution is -2.30. The molecule has 3 saturated carbocycles. The molecular weight excluding hydrogens is 284 g/mol. The fourth-order valence-electron chi connectivity index (χ4n) is 4.79. The minimum Gasteiger partial charge on any atom is -0.398 e. The first kappa shape index (κ1) is 13.6. The van der Waals surface area contributed by atoms with E-state index in [1.54, 1.807) is 12.1 Å². The van der Waals surface area contributed by atoms with Gasteiger partial charge in [0.05, 0.1) is 4.90 Å². The molecule has 4 atom stereocenters. The van der Waals surface area contributed by atoms with Gasteiger partial charge in [-0.1, -0.05) is 13.0 Å². The summed E-state index contributed by atoms with van der Waals surface area (Å²) in [7, 11) is -3.44. The van der Waals surface area contributed by atoms with E-state index in [0.717, 1.165) is 23.8 Å². The van der Waals surface area contributed by atoms with Crippen molar-refractivity contribution in [3.8, 4) is 0 Å². The zero-order chi connectivity index (χ0) is 14.8. The van der Waals surface area contributed by atoms with Crippen LogP contribution in [0.1, 0.15) is 31.7 Å². The van der Waals surface area contributed by atoms with Gasteiger partial charge in [0, 0.05) is 11.7 Å². The highest BCUT2D eigenvalue weighted by Gasteiger charge is 2.65. The topological polar surface area (TPSA) is 72.2 Å². The number of aryl methyl sites for hydroxylation is 1. The number of sulfonamides is 1. The van der Waals surface area contributed by atoms with Gasteiger partial charge in [-0.15, -0.1) is 0 Å². The number of anilines is 1. The lowest BCUT2D eigenvalue weighted by molar-refractivity contribution is 0.456. The Bertz CT molecular complexity index is 670. The molecule has 5 heteroatoms. The Hall–Kier alpha value is -1.07. The van der Waals surface area contributed by atoms with Crippen LogP contribution in [0.3, 0.4) is 0 Å². The Labute approximate surface area is 126 Å². The summed E-state index contributed by atoms with van der Waals surface area (Å²) in [6, 6.07) is 5.26. The second-order valence-electron chi connectivity index (χ2n) is 6.85. The van der Waals surface area contributed by atoms with Crippen LogP contribution in [0.2, 0.25) is 0 Å². The molecule has 114 valence electrons. The first-order valence-electron chi connectivity index (χ1n) is 7.92. The number of hydrogen-bond acceptors (Lipinski definition) is 3. The Kier molecular flexibility index (Phi) is 2.89. The van der Waals surface area contributed by atoms with E-state index >= 15 is 0 Å². The molecule has 4 unspecified atom stereocenters. The van der Waals surface area contributed by atoms with E-state index in [-0.39, 0.29) is 6.04 Å². The first-order chi connectivity index (χ1) is 10.0. The Morgan fingerprint density at radius 1 is 1.24 bits per heavy atom. The molecule has 0 saturated heterocycles. The van der Waals surface area contributed by atoms with E-state index in [1.165, 1.54) is 19.3 Å². The van der Waals surface area contributed by atoms with Crippen molar-refractivity contribution in [1.29, 1.82) is 0 Å². The van der Waals surface area contributed by atoms with E-state index in [4.69, 9.17) is 5.73 Å². The van der Waals surface area contributed by atoms with Crippen molar-refractivity contribution in [3.63, 3.8) is 0 Å². The summed E-state index contributed by atoms with van der Waals surface area (Å²) in [5, 5.41) is 0. The smallest absolute Gasteiger partial charge is 0.240 e. The fraction of sp³-hybridized carbons (Fsp3) is 0.625. The van der Waals surface area contributed by atoms with Gasteiger partial charge in [-0.3, -0.25) is 0 Å². The summed E-state index contributed by atoms with van der Waals surface area (Å²) in [5.41, 5.74) is 7.49. The minimum atomic E-state index is -3.44. The monoisotopic (exact) mass is 306 g/mol. The highest BCUT2D eigenvalue weighted by Crippen LogP contribution is 2.65. The van der Waals surface area contributed by atoms with Crippen molar-refractivity contribution < 1.29 is 8.42 Å². The standard InChI is InChI=1S/C16H22N2O2S/c1-2-9-5-6-12(8-13(9)17)21(19,20)18-16-14-10-3-4-11(7-10)15(14)16/h5-6,8,10-11,14-16,18H,2-4,7,17H2,1H3. The molecule has 1 aromatic rings. The molecule has 0 spiro atoms. The van der Waals surface area contributed by atoms with Gasteiger partial charge in [0.2, 0.25) is 10.0 Å². The molecule has 1 aromatic carbocycles. The summed E-state index contributed by atoms with van der Waals surface area (Å²) in [5.74, 6) is 2.73. The summed E-state index contributed by atoms with van der Waals surface area (Å²) < 4.78 is 28.0. The van der Waals surface area contributed by atoms with E-state index in [2.05, 4.69) is 4.72 Å². The van der Waals surface area contributed by atoms with Crippen molar-refractivity contribution in [2.75, 3.05) is 5.73 Å². The number of fused-ring (bicyclic) bond motifs is 5. The van der Waals surface area contributed by atoms with Gasteiger partial charge in [0.15, 0.2) is 0 Å². The average Bonchev–Trinajstić information content (AvgIpc) is 2.85. The molecular formula is C16H22N2O2S. The normalized spacial score (nSPS) is 36.7. The minimum absolute atomic E-state index is 0.174. The molecule has 3 aliphatic rings. The van der Waals surface area contributed by atoms with Crippen molar-refractivity contribution in [2.45, 2.75) is 43.5 Å². The quantitative estimate of drug-likeness (QED) is 0.837. The Morgan fingerprint density at radius 2 is 1.90 bits per heavy atom. The Morgan fingerprint density at radius 3 is 2.48 bits per heavy atom. The van der Waals surface area contributed by atoms with Crippen LogP contribution < -0.4 is 10.5 Å². The van der Waals surface area contributed by atoms with Crippen molar-refractivity contribution in [2.24, 2.45) is 23.7 Å². The van der Waals surface area contributed by atoms with E-state index in [9.17, 15) is 8.42 Å². The van der Waals surface area contributed by atoms with Gasteiger partial charge in [-0.05, 0) is 67.1 Å². The molecule has 3 aliphatic carbocycles. The molecule has 0 aliphatic heterocycles. The fourth-order valence-corrected chi connectivity index (χ4v) is 6.13. The van der Waals surface area contributed by atoms with Crippen LogP contribution in [-0.4, -0.2) is 14.5 Å². The third-order valence-electron chi connectivity index (χ3n) is 5.84. The second kappa shape index (κ2) is 4.46. The number of nitrogen functional groups attached to an aromatic ring is 1. The van der Waals surface area contributed by atoms with Crippen LogP contribution in [-0.2, 0) is 16.4 Å². The van der Waals surface area contributed by atoms with Crippen molar-refractivity contribution in [1.82, 2.24) is 4.72 Å². The Balaban J connectivity index is 1.54. The highest BCUT2D eigenvalue weighted by atomic mass is 32.2. The van der Waals surface area contributed by atoms with Gasteiger partial charge in [0.25, 0.3) is 0 Å². The van der Waals surface area contributed by atoms with Gasteiger partial charge < -0.3 is 5.73 Å². The predicted octanol–water partition coefficient (Wildman–Crippen LogP) is 2.15. The maximum atomic E-state index is 12.5. The number of nitrogens with two attached hydrogens (primary N) is 1. The second-order valence-corrected chi connectivity index (χ2v) is 8.56. The zero-order valence-corrected chi connectivity index (χ0v) is 13.1. The van der Waals surface area contributed by atoms with E-state index in [1.807, 2.05) is 13.0 Å².